The lowest BCUT2D eigenvalue weighted by molar-refractivity contribution is 0.101. The van der Waals surface area contributed by atoms with Gasteiger partial charge in [-0.2, -0.15) is 0 Å². The van der Waals surface area contributed by atoms with Crippen LogP contribution in [0.15, 0.2) is 77.7 Å². The number of benzene rings is 3. The predicted octanol–water partition coefficient (Wildman–Crippen LogP) is 4.18. The third-order valence-electron chi connectivity index (χ3n) is 4.90. The molecule has 0 saturated carbocycles. The van der Waals surface area contributed by atoms with Gasteiger partial charge >= 0.3 is 0 Å². The standard InChI is InChI=1S/C24H24N2O4S/c1-3-19-6-4-5-7-23(19)26-24(28)21-10-8-18(9-11-21)16-25-31(29,30)22-14-12-20(13-15-22)17(2)27/h4-15,25H,3,16H2,1-2H3,(H,26,28). The van der Waals surface area contributed by atoms with Gasteiger partial charge in [-0.25, -0.2) is 13.1 Å². The summed E-state index contributed by atoms with van der Waals surface area (Å²) >= 11 is 0. The third-order valence-corrected chi connectivity index (χ3v) is 6.32. The van der Waals surface area contributed by atoms with Crippen molar-refractivity contribution in [3.05, 3.63) is 95.1 Å². The van der Waals surface area contributed by atoms with Crippen LogP contribution in [0.25, 0.3) is 0 Å². The van der Waals surface area contributed by atoms with Crippen molar-refractivity contribution in [2.24, 2.45) is 0 Å². The van der Waals surface area contributed by atoms with Crippen molar-refractivity contribution < 1.29 is 18.0 Å². The third kappa shape index (κ3) is 5.65. The zero-order valence-electron chi connectivity index (χ0n) is 17.4. The number of hydrogen-bond donors (Lipinski definition) is 2. The molecule has 0 spiro atoms. The molecule has 0 saturated heterocycles. The average Bonchev–Trinajstić information content (AvgIpc) is 2.78. The van der Waals surface area contributed by atoms with E-state index >= 15 is 0 Å². The number of Topliss-reactive ketones (excluding diaryl/α,β-unsaturated/α-hetero) is 1. The maximum absolute atomic E-state index is 12.5. The highest BCUT2D eigenvalue weighted by Gasteiger charge is 2.14. The van der Waals surface area contributed by atoms with Gasteiger partial charge < -0.3 is 5.32 Å². The lowest BCUT2D eigenvalue weighted by Gasteiger charge is -2.10. The van der Waals surface area contributed by atoms with Crippen LogP contribution in [0.3, 0.4) is 0 Å². The summed E-state index contributed by atoms with van der Waals surface area (Å²) in [4.78, 5) is 23.9. The quantitative estimate of drug-likeness (QED) is 0.518. The normalized spacial score (nSPS) is 11.2. The van der Waals surface area contributed by atoms with Crippen LogP contribution >= 0.6 is 0 Å². The van der Waals surface area contributed by atoms with Gasteiger partial charge in [-0.1, -0.05) is 49.4 Å². The van der Waals surface area contributed by atoms with Crippen LogP contribution in [0.5, 0.6) is 0 Å². The first-order chi connectivity index (χ1) is 14.8. The number of carbonyl (C=O) groups excluding carboxylic acids is 2. The van der Waals surface area contributed by atoms with Gasteiger partial charge in [0.15, 0.2) is 5.78 Å². The van der Waals surface area contributed by atoms with E-state index in [-0.39, 0.29) is 23.1 Å². The molecule has 3 rings (SSSR count). The first-order valence-corrected chi connectivity index (χ1v) is 11.4. The Balaban J connectivity index is 1.63. The first-order valence-electron chi connectivity index (χ1n) is 9.89. The fraction of sp³-hybridized carbons (Fsp3) is 0.167. The Labute approximate surface area is 182 Å². The molecule has 0 aliphatic rings. The molecular weight excluding hydrogens is 412 g/mol. The minimum atomic E-state index is -3.72. The van der Waals surface area contributed by atoms with Gasteiger partial charge in [-0.3, -0.25) is 9.59 Å². The number of sulfonamides is 1. The lowest BCUT2D eigenvalue weighted by atomic mass is 10.1. The molecule has 1 amide bonds. The molecule has 0 atom stereocenters. The summed E-state index contributed by atoms with van der Waals surface area (Å²) < 4.78 is 27.5. The van der Waals surface area contributed by atoms with Crippen LogP contribution in [0, 0.1) is 0 Å². The summed E-state index contributed by atoms with van der Waals surface area (Å²) in [6.07, 6.45) is 0.813. The Kier molecular flexibility index (Phi) is 6.99. The molecule has 0 aliphatic heterocycles. The molecule has 0 heterocycles. The van der Waals surface area contributed by atoms with E-state index in [1.54, 1.807) is 24.3 Å². The Morgan fingerprint density at radius 1 is 0.839 bits per heavy atom. The molecule has 2 N–H and O–H groups in total. The minimum absolute atomic E-state index is 0.0807. The fourth-order valence-corrected chi connectivity index (χ4v) is 4.07. The number of nitrogens with one attached hydrogen (secondary N) is 2. The molecule has 7 heteroatoms. The van der Waals surface area contributed by atoms with Crippen LogP contribution in [-0.2, 0) is 23.0 Å². The maximum Gasteiger partial charge on any atom is 0.255 e. The van der Waals surface area contributed by atoms with Crippen molar-refractivity contribution in [2.45, 2.75) is 31.7 Å². The maximum atomic E-state index is 12.5. The summed E-state index contributed by atoms with van der Waals surface area (Å²) in [7, 11) is -3.72. The van der Waals surface area contributed by atoms with E-state index in [1.165, 1.54) is 31.2 Å². The summed E-state index contributed by atoms with van der Waals surface area (Å²) in [6, 6.07) is 20.2. The zero-order chi connectivity index (χ0) is 22.4. The van der Waals surface area contributed by atoms with Gasteiger partial charge in [0.1, 0.15) is 0 Å². The lowest BCUT2D eigenvalue weighted by Crippen LogP contribution is -2.23. The molecular formula is C24H24N2O4S. The highest BCUT2D eigenvalue weighted by molar-refractivity contribution is 7.89. The van der Waals surface area contributed by atoms with Gasteiger partial charge in [0.2, 0.25) is 10.0 Å². The highest BCUT2D eigenvalue weighted by atomic mass is 32.2. The number of rotatable bonds is 8. The second-order valence-electron chi connectivity index (χ2n) is 7.07. The number of anilines is 1. The van der Waals surface area contributed by atoms with Gasteiger partial charge in [0.05, 0.1) is 4.90 Å². The van der Waals surface area contributed by atoms with E-state index in [0.717, 1.165) is 23.2 Å². The van der Waals surface area contributed by atoms with Crippen molar-refractivity contribution in [1.29, 1.82) is 0 Å². The first kappa shape index (κ1) is 22.4. The highest BCUT2D eigenvalue weighted by Crippen LogP contribution is 2.17. The molecule has 0 fully saturated rings. The Morgan fingerprint density at radius 2 is 1.45 bits per heavy atom. The largest absolute Gasteiger partial charge is 0.322 e. The molecule has 3 aromatic carbocycles. The Morgan fingerprint density at radius 3 is 2.06 bits per heavy atom. The summed E-state index contributed by atoms with van der Waals surface area (Å²) in [6.45, 7) is 3.53. The van der Waals surface area contributed by atoms with E-state index in [1.807, 2.05) is 31.2 Å². The van der Waals surface area contributed by atoms with Crippen LogP contribution in [-0.4, -0.2) is 20.1 Å². The van der Waals surface area contributed by atoms with Crippen LogP contribution in [0.4, 0.5) is 5.69 Å². The average molecular weight is 437 g/mol. The second kappa shape index (κ2) is 9.68. The van der Waals surface area contributed by atoms with Gasteiger partial charge in [-0.15, -0.1) is 0 Å². The molecule has 6 nitrogen and oxygen atoms in total. The molecule has 0 aliphatic carbocycles. The zero-order valence-corrected chi connectivity index (χ0v) is 18.2. The van der Waals surface area contributed by atoms with Crippen molar-refractivity contribution in [3.63, 3.8) is 0 Å². The van der Waals surface area contributed by atoms with Crippen molar-refractivity contribution in [1.82, 2.24) is 4.72 Å². The molecule has 0 bridgehead atoms. The topological polar surface area (TPSA) is 92.3 Å². The number of para-hydroxylation sites is 1. The molecule has 160 valence electrons. The predicted molar refractivity (Wildman–Crippen MR) is 121 cm³/mol. The van der Waals surface area contributed by atoms with Crippen LogP contribution in [0.1, 0.15) is 45.7 Å². The Bertz CT molecular complexity index is 1190. The van der Waals surface area contributed by atoms with Crippen molar-refractivity contribution in [3.8, 4) is 0 Å². The number of amides is 1. The van der Waals surface area contributed by atoms with E-state index in [2.05, 4.69) is 10.0 Å². The summed E-state index contributed by atoms with van der Waals surface area (Å²) in [5.41, 5.74) is 3.49. The second-order valence-corrected chi connectivity index (χ2v) is 8.83. The van der Waals surface area contributed by atoms with Crippen molar-refractivity contribution >= 4 is 27.4 Å². The van der Waals surface area contributed by atoms with E-state index < -0.39 is 10.0 Å². The van der Waals surface area contributed by atoms with Gasteiger partial charge in [0.25, 0.3) is 5.91 Å². The van der Waals surface area contributed by atoms with Crippen LogP contribution in [0.2, 0.25) is 0 Å². The SMILES string of the molecule is CCc1ccccc1NC(=O)c1ccc(CNS(=O)(=O)c2ccc(C(C)=O)cc2)cc1. The smallest absolute Gasteiger partial charge is 0.255 e. The number of aryl methyl sites for hydroxylation is 1. The fourth-order valence-electron chi connectivity index (χ4n) is 3.05. The minimum Gasteiger partial charge on any atom is -0.322 e. The molecule has 31 heavy (non-hydrogen) atoms. The van der Waals surface area contributed by atoms with Gasteiger partial charge in [0, 0.05) is 23.4 Å². The molecule has 0 radical (unpaired) electrons. The van der Waals surface area contributed by atoms with E-state index in [4.69, 9.17) is 0 Å². The molecule has 0 unspecified atom stereocenters. The summed E-state index contributed by atoms with van der Waals surface area (Å²) in [5, 5.41) is 2.91. The number of hydrogen-bond acceptors (Lipinski definition) is 4. The number of ketones is 1. The van der Waals surface area contributed by atoms with Gasteiger partial charge in [-0.05, 0) is 54.8 Å². The monoisotopic (exact) mass is 436 g/mol. The molecule has 0 aromatic heterocycles. The van der Waals surface area contributed by atoms with E-state index in [0.29, 0.717) is 11.1 Å². The van der Waals surface area contributed by atoms with Crippen molar-refractivity contribution in [2.75, 3.05) is 5.32 Å². The van der Waals surface area contributed by atoms with Crippen LogP contribution < -0.4 is 10.0 Å². The Hall–Kier alpha value is -3.29. The number of carbonyl (C=O) groups is 2. The summed E-state index contributed by atoms with van der Waals surface area (Å²) in [5.74, 6) is -0.349. The van der Waals surface area contributed by atoms with E-state index in [9.17, 15) is 18.0 Å². The molecule has 3 aromatic rings.